The van der Waals surface area contributed by atoms with E-state index in [4.69, 9.17) is 28.0 Å². The smallest absolute Gasteiger partial charge is 0.335 e. The lowest BCUT2D eigenvalue weighted by Crippen LogP contribution is -2.35. The molecule has 1 aromatic heterocycles. The van der Waals surface area contributed by atoms with Crippen LogP contribution in [0.15, 0.2) is 24.3 Å². The lowest BCUT2D eigenvalue weighted by atomic mass is 9.91. The standard InChI is InChI=1S/C17H15Cl2F3N2O4/c1-4-16(2,3)15(25)28-23-13(17(20,21)22)8-12(24(26)27)14(23)9-5-6-10(18)11(19)7-9/h5-8H,4H2,1-3H3. The third-order valence-corrected chi connectivity index (χ3v) is 4.97. The summed E-state index contributed by atoms with van der Waals surface area (Å²) in [6, 6.07) is 3.98. The van der Waals surface area contributed by atoms with Gasteiger partial charge in [0.25, 0.3) is 5.69 Å². The van der Waals surface area contributed by atoms with E-state index in [0.29, 0.717) is 6.07 Å². The van der Waals surface area contributed by atoms with Gasteiger partial charge in [0.1, 0.15) is 0 Å². The van der Waals surface area contributed by atoms with Crippen LogP contribution in [0.2, 0.25) is 10.0 Å². The first-order valence-electron chi connectivity index (χ1n) is 7.95. The van der Waals surface area contributed by atoms with E-state index in [2.05, 4.69) is 0 Å². The summed E-state index contributed by atoms with van der Waals surface area (Å²) in [5.41, 5.74) is -4.15. The molecule has 0 unspecified atom stereocenters. The first kappa shape index (κ1) is 22.0. The molecule has 0 radical (unpaired) electrons. The van der Waals surface area contributed by atoms with Gasteiger partial charge in [-0.3, -0.25) is 10.1 Å². The number of benzene rings is 1. The molecular weight excluding hydrogens is 424 g/mol. The van der Waals surface area contributed by atoms with Crippen molar-refractivity contribution in [1.29, 1.82) is 0 Å². The van der Waals surface area contributed by atoms with E-state index in [1.54, 1.807) is 6.92 Å². The number of alkyl halides is 3. The van der Waals surface area contributed by atoms with Crippen LogP contribution in [0, 0.1) is 15.5 Å². The highest BCUT2D eigenvalue weighted by molar-refractivity contribution is 6.42. The number of carbonyl (C=O) groups excluding carboxylic acids is 1. The van der Waals surface area contributed by atoms with Crippen LogP contribution in [0.4, 0.5) is 18.9 Å². The molecule has 0 saturated heterocycles. The maximum absolute atomic E-state index is 13.5. The van der Waals surface area contributed by atoms with Crippen molar-refractivity contribution in [1.82, 2.24) is 4.73 Å². The summed E-state index contributed by atoms with van der Waals surface area (Å²) < 4.78 is 40.7. The quantitative estimate of drug-likeness (QED) is 0.437. The van der Waals surface area contributed by atoms with E-state index in [9.17, 15) is 28.1 Å². The van der Waals surface area contributed by atoms with E-state index < -0.39 is 39.6 Å². The van der Waals surface area contributed by atoms with E-state index in [1.165, 1.54) is 26.0 Å². The molecule has 0 bridgehead atoms. The molecule has 28 heavy (non-hydrogen) atoms. The lowest BCUT2D eigenvalue weighted by Gasteiger charge is -2.22. The van der Waals surface area contributed by atoms with Crippen LogP contribution >= 0.6 is 23.2 Å². The molecule has 0 aliphatic rings. The highest BCUT2D eigenvalue weighted by atomic mass is 35.5. The zero-order valence-electron chi connectivity index (χ0n) is 14.9. The van der Waals surface area contributed by atoms with Crippen molar-refractivity contribution < 1.29 is 27.7 Å². The molecular formula is C17H15Cl2F3N2O4. The second kappa shape index (κ2) is 7.63. The van der Waals surface area contributed by atoms with Gasteiger partial charge in [-0.05, 0) is 32.4 Å². The molecule has 1 aromatic carbocycles. The Balaban J connectivity index is 2.80. The number of hydrogen-bond donors (Lipinski definition) is 0. The molecule has 0 N–H and O–H groups in total. The Kier molecular flexibility index (Phi) is 6.01. The van der Waals surface area contributed by atoms with Gasteiger partial charge in [-0.15, -0.1) is 0 Å². The molecule has 2 rings (SSSR count). The van der Waals surface area contributed by atoms with Gasteiger partial charge in [0.05, 0.1) is 26.4 Å². The van der Waals surface area contributed by atoms with Crippen molar-refractivity contribution in [2.45, 2.75) is 33.4 Å². The van der Waals surface area contributed by atoms with Gasteiger partial charge in [0.2, 0.25) is 0 Å². The molecule has 2 aromatic rings. The number of aromatic nitrogens is 1. The highest BCUT2D eigenvalue weighted by Gasteiger charge is 2.43. The molecule has 0 saturated carbocycles. The highest BCUT2D eigenvalue weighted by Crippen LogP contribution is 2.41. The van der Waals surface area contributed by atoms with E-state index in [0.717, 1.165) is 6.07 Å². The molecule has 11 heteroatoms. The Morgan fingerprint density at radius 3 is 2.29 bits per heavy atom. The SMILES string of the molecule is CCC(C)(C)C(=O)On1c(C(F)(F)F)cc([N+](=O)[O-])c1-c1ccc(Cl)c(Cl)c1. The normalized spacial score (nSPS) is 12.1. The number of nitro groups is 1. The number of carbonyl (C=O) groups is 1. The number of nitrogens with zero attached hydrogens (tertiary/aromatic N) is 2. The average Bonchev–Trinajstić information content (AvgIpc) is 2.97. The van der Waals surface area contributed by atoms with E-state index in [-0.39, 0.29) is 26.8 Å². The van der Waals surface area contributed by atoms with Crippen LogP contribution in [0.1, 0.15) is 32.9 Å². The van der Waals surface area contributed by atoms with E-state index >= 15 is 0 Å². The molecule has 6 nitrogen and oxygen atoms in total. The van der Waals surface area contributed by atoms with Gasteiger partial charge < -0.3 is 4.84 Å². The predicted octanol–water partition coefficient (Wildman–Crippen LogP) is 5.78. The molecule has 0 atom stereocenters. The second-order valence-electron chi connectivity index (χ2n) is 6.56. The summed E-state index contributed by atoms with van der Waals surface area (Å²) in [6.45, 7) is 4.63. The van der Waals surface area contributed by atoms with Crippen LogP contribution < -0.4 is 4.84 Å². The minimum Gasteiger partial charge on any atom is -0.335 e. The molecule has 0 fully saturated rings. The van der Waals surface area contributed by atoms with Gasteiger partial charge in [-0.1, -0.05) is 36.2 Å². The Morgan fingerprint density at radius 1 is 1.21 bits per heavy atom. The molecule has 0 aliphatic carbocycles. The van der Waals surface area contributed by atoms with Gasteiger partial charge >= 0.3 is 12.1 Å². The zero-order chi connectivity index (χ0) is 21.4. The Labute approximate surface area is 167 Å². The molecule has 0 spiro atoms. The zero-order valence-corrected chi connectivity index (χ0v) is 16.4. The topological polar surface area (TPSA) is 74.4 Å². The Hall–Kier alpha value is -2.26. The fraction of sp³-hybridized carbons (Fsp3) is 0.353. The number of rotatable bonds is 5. The van der Waals surface area contributed by atoms with Crippen LogP contribution in [-0.2, 0) is 11.0 Å². The Bertz CT molecular complexity index is 939. The summed E-state index contributed by atoms with van der Waals surface area (Å²) in [5, 5.41) is 11.5. The average molecular weight is 439 g/mol. The van der Waals surface area contributed by atoms with Gasteiger partial charge in [-0.25, -0.2) is 4.79 Å². The second-order valence-corrected chi connectivity index (χ2v) is 7.37. The third kappa shape index (κ3) is 4.25. The molecule has 0 aliphatic heterocycles. The van der Waals surface area contributed by atoms with Crippen molar-refractivity contribution in [3.8, 4) is 11.3 Å². The largest absolute Gasteiger partial charge is 0.435 e. The minimum atomic E-state index is -5.02. The van der Waals surface area contributed by atoms with Gasteiger partial charge in [-0.2, -0.15) is 17.9 Å². The lowest BCUT2D eigenvalue weighted by molar-refractivity contribution is -0.384. The van der Waals surface area contributed by atoms with Crippen LogP contribution in [0.25, 0.3) is 11.3 Å². The third-order valence-electron chi connectivity index (χ3n) is 4.23. The summed E-state index contributed by atoms with van der Waals surface area (Å²) in [6.07, 6.45) is -4.74. The fourth-order valence-corrected chi connectivity index (χ4v) is 2.47. The van der Waals surface area contributed by atoms with Crippen molar-refractivity contribution in [3.63, 3.8) is 0 Å². The van der Waals surface area contributed by atoms with Gasteiger partial charge in [0, 0.05) is 5.56 Å². The number of halogens is 5. The van der Waals surface area contributed by atoms with Gasteiger partial charge in [0.15, 0.2) is 11.4 Å². The van der Waals surface area contributed by atoms with Crippen LogP contribution in [0.5, 0.6) is 0 Å². The summed E-state index contributed by atoms with van der Waals surface area (Å²) in [4.78, 5) is 27.8. The van der Waals surface area contributed by atoms with Crippen molar-refractivity contribution in [2.24, 2.45) is 5.41 Å². The first-order chi connectivity index (χ1) is 12.8. The predicted molar refractivity (Wildman–Crippen MR) is 97.2 cm³/mol. The van der Waals surface area contributed by atoms with Crippen molar-refractivity contribution >= 4 is 34.9 Å². The van der Waals surface area contributed by atoms with E-state index in [1.807, 2.05) is 0 Å². The summed E-state index contributed by atoms with van der Waals surface area (Å²) in [5.74, 6) is -0.979. The van der Waals surface area contributed by atoms with Crippen molar-refractivity contribution in [2.75, 3.05) is 0 Å². The van der Waals surface area contributed by atoms with Crippen molar-refractivity contribution in [3.05, 3.63) is 50.1 Å². The first-order valence-corrected chi connectivity index (χ1v) is 8.70. The Morgan fingerprint density at radius 2 is 1.82 bits per heavy atom. The fourth-order valence-electron chi connectivity index (χ4n) is 2.17. The number of hydrogen-bond acceptors (Lipinski definition) is 4. The van der Waals surface area contributed by atoms with Crippen LogP contribution in [0.3, 0.4) is 0 Å². The maximum Gasteiger partial charge on any atom is 0.435 e. The molecule has 1 heterocycles. The molecule has 0 amide bonds. The summed E-state index contributed by atoms with van der Waals surface area (Å²) >= 11 is 11.7. The van der Waals surface area contributed by atoms with Crippen LogP contribution in [-0.4, -0.2) is 15.6 Å². The summed E-state index contributed by atoms with van der Waals surface area (Å²) in [7, 11) is 0. The maximum atomic E-state index is 13.5. The molecule has 152 valence electrons. The monoisotopic (exact) mass is 438 g/mol. The minimum absolute atomic E-state index is 0.0324.